The van der Waals surface area contributed by atoms with Gasteiger partial charge in [-0.2, -0.15) is 0 Å². The Labute approximate surface area is 208 Å². The zero-order valence-electron chi connectivity index (χ0n) is 20.6. The van der Waals surface area contributed by atoms with Crippen LogP contribution in [0.2, 0.25) is 0 Å². The highest BCUT2D eigenvalue weighted by Gasteiger charge is 2.43. The summed E-state index contributed by atoms with van der Waals surface area (Å²) in [7, 11) is 1.60. The Morgan fingerprint density at radius 1 is 1.03 bits per heavy atom. The second kappa shape index (κ2) is 9.07. The number of amides is 1. The molecule has 1 aliphatic heterocycles. The van der Waals surface area contributed by atoms with Gasteiger partial charge in [0.05, 0.1) is 30.7 Å². The highest BCUT2D eigenvalue weighted by atomic mass is 16.5. The zero-order chi connectivity index (χ0) is 25.6. The molecule has 0 bridgehead atoms. The summed E-state index contributed by atoms with van der Waals surface area (Å²) in [6.45, 7) is 6.22. The van der Waals surface area contributed by atoms with Crippen molar-refractivity contribution in [2.24, 2.45) is 0 Å². The third kappa shape index (κ3) is 3.86. The van der Waals surface area contributed by atoms with Gasteiger partial charge in [0.1, 0.15) is 11.3 Å². The fraction of sp³-hybridized carbons (Fsp3) is 0.241. The number of phenolic OH excluding ortho intramolecular Hbond substituents is 1. The molecule has 0 radical (unpaired) electrons. The Kier molecular flexibility index (Phi) is 5.92. The SMILES string of the molecule is CCOc1cc([C@@H]2c3c(oc4c(C)cc(C)cc4c3=O)C(=O)N2Cc2ccc(OC)cc2)ccc1O. The van der Waals surface area contributed by atoms with E-state index < -0.39 is 6.04 Å². The Morgan fingerprint density at radius 3 is 2.47 bits per heavy atom. The predicted octanol–water partition coefficient (Wildman–Crippen LogP) is 5.27. The molecular weight excluding hydrogens is 458 g/mol. The number of hydrogen-bond acceptors (Lipinski definition) is 6. The summed E-state index contributed by atoms with van der Waals surface area (Å²) in [5, 5.41) is 10.7. The fourth-order valence-electron chi connectivity index (χ4n) is 4.88. The lowest BCUT2D eigenvalue weighted by molar-refractivity contribution is 0.0714. The van der Waals surface area contributed by atoms with Crippen molar-refractivity contribution in [2.45, 2.75) is 33.4 Å². The number of phenols is 1. The fourth-order valence-corrected chi connectivity index (χ4v) is 4.88. The topological polar surface area (TPSA) is 89.2 Å². The van der Waals surface area contributed by atoms with Gasteiger partial charge >= 0.3 is 0 Å². The lowest BCUT2D eigenvalue weighted by Gasteiger charge is -2.26. The van der Waals surface area contributed by atoms with Crippen LogP contribution in [0.4, 0.5) is 0 Å². The first-order chi connectivity index (χ1) is 17.3. The molecule has 1 amide bonds. The standard InChI is InChI=1S/C29H27NO6/c1-5-35-23-14-19(8-11-22(23)31)25-24-26(32)21-13-16(2)12-17(3)27(21)36-28(24)29(33)30(25)15-18-6-9-20(34-4)10-7-18/h6-14,25,31H,5,15H2,1-4H3/t25-/m1/s1. The second-order valence-corrected chi connectivity index (χ2v) is 8.98. The van der Waals surface area contributed by atoms with Crippen LogP contribution in [0.3, 0.4) is 0 Å². The molecule has 2 heterocycles. The molecule has 0 saturated carbocycles. The monoisotopic (exact) mass is 485 g/mol. The van der Waals surface area contributed by atoms with Gasteiger partial charge in [-0.25, -0.2) is 0 Å². The predicted molar refractivity (Wildman–Crippen MR) is 136 cm³/mol. The van der Waals surface area contributed by atoms with Crippen LogP contribution < -0.4 is 14.9 Å². The molecular formula is C29H27NO6. The molecule has 0 saturated heterocycles. The lowest BCUT2D eigenvalue weighted by atomic mass is 9.97. The maximum Gasteiger partial charge on any atom is 0.291 e. The number of fused-ring (bicyclic) bond motifs is 2. The number of aryl methyl sites for hydroxylation is 2. The smallest absolute Gasteiger partial charge is 0.291 e. The van der Waals surface area contributed by atoms with E-state index in [1.165, 1.54) is 6.07 Å². The van der Waals surface area contributed by atoms with E-state index in [1.54, 1.807) is 30.2 Å². The largest absolute Gasteiger partial charge is 0.504 e. The van der Waals surface area contributed by atoms with Gasteiger partial charge in [0.25, 0.3) is 5.91 Å². The highest BCUT2D eigenvalue weighted by Crippen LogP contribution is 2.42. The van der Waals surface area contributed by atoms with Crippen molar-refractivity contribution < 1.29 is 23.8 Å². The average molecular weight is 486 g/mol. The Hall–Kier alpha value is -4.26. The first-order valence-corrected chi connectivity index (χ1v) is 11.8. The van der Waals surface area contributed by atoms with Gasteiger partial charge in [-0.15, -0.1) is 0 Å². The molecule has 3 aromatic carbocycles. The molecule has 0 spiro atoms. The summed E-state index contributed by atoms with van der Waals surface area (Å²) in [4.78, 5) is 29.3. The average Bonchev–Trinajstić information content (AvgIpc) is 3.13. The lowest BCUT2D eigenvalue weighted by Crippen LogP contribution is -2.29. The van der Waals surface area contributed by atoms with E-state index in [0.29, 0.717) is 34.5 Å². The van der Waals surface area contributed by atoms with E-state index in [9.17, 15) is 14.7 Å². The molecule has 5 rings (SSSR count). The van der Waals surface area contributed by atoms with Crippen molar-refractivity contribution in [3.63, 3.8) is 0 Å². The third-order valence-electron chi connectivity index (χ3n) is 6.51. The minimum absolute atomic E-state index is 0.0105. The number of benzene rings is 3. The normalized spacial score (nSPS) is 14.8. The Morgan fingerprint density at radius 2 is 1.78 bits per heavy atom. The molecule has 0 aliphatic carbocycles. The van der Waals surface area contributed by atoms with Gasteiger partial charge in [0.15, 0.2) is 16.9 Å². The number of hydrogen-bond donors (Lipinski definition) is 1. The van der Waals surface area contributed by atoms with E-state index in [0.717, 1.165) is 16.7 Å². The first-order valence-electron chi connectivity index (χ1n) is 11.8. The van der Waals surface area contributed by atoms with Crippen molar-refractivity contribution in [3.05, 3.63) is 98.4 Å². The number of carbonyl (C=O) groups excluding carboxylic acids is 1. The molecule has 1 N–H and O–H groups in total. The van der Waals surface area contributed by atoms with Gasteiger partial charge in [0.2, 0.25) is 5.76 Å². The zero-order valence-corrected chi connectivity index (χ0v) is 20.6. The van der Waals surface area contributed by atoms with Crippen LogP contribution in [0.5, 0.6) is 17.2 Å². The van der Waals surface area contributed by atoms with Crippen molar-refractivity contribution >= 4 is 16.9 Å². The number of aromatic hydroxyl groups is 1. The van der Waals surface area contributed by atoms with Gasteiger partial charge < -0.3 is 23.9 Å². The van der Waals surface area contributed by atoms with Crippen LogP contribution in [0.15, 0.2) is 63.8 Å². The van der Waals surface area contributed by atoms with Crippen molar-refractivity contribution in [1.29, 1.82) is 0 Å². The van der Waals surface area contributed by atoms with Gasteiger partial charge in [-0.3, -0.25) is 9.59 Å². The van der Waals surface area contributed by atoms with E-state index >= 15 is 0 Å². The summed E-state index contributed by atoms with van der Waals surface area (Å²) >= 11 is 0. The Bertz CT molecular complexity index is 1540. The van der Waals surface area contributed by atoms with Crippen molar-refractivity contribution in [3.8, 4) is 17.2 Å². The molecule has 1 aromatic heterocycles. The minimum Gasteiger partial charge on any atom is -0.504 e. The van der Waals surface area contributed by atoms with E-state index in [4.69, 9.17) is 13.9 Å². The minimum atomic E-state index is -0.712. The van der Waals surface area contributed by atoms with Crippen LogP contribution in [0, 0.1) is 13.8 Å². The maximum atomic E-state index is 13.9. The van der Waals surface area contributed by atoms with E-state index in [-0.39, 0.29) is 35.1 Å². The van der Waals surface area contributed by atoms with Crippen LogP contribution in [-0.2, 0) is 6.54 Å². The number of carbonyl (C=O) groups is 1. The molecule has 36 heavy (non-hydrogen) atoms. The summed E-state index contributed by atoms with van der Waals surface area (Å²) in [5.74, 6) is 0.667. The second-order valence-electron chi connectivity index (χ2n) is 8.98. The number of methoxy groups -OCH3 is 1. The maximum absolute atomic E-state index is 13.9. The van der Waals surface area contributed by atoms with Gasteiger partial charge in [-0.05, 0) is 73.4 Å². The first kappa shape index (κ1) is 23.5. The highest BCUT2D eigenvalue weighted by molar-refractivity contribution is 5.99. The molecule has 184 valence electrons. The van der Waals surface area contributed by atoms with E-state index in [2.05, 4.69) is 0 Å². The van der Waals surface area contributed by atoms with E-state index in [1.807, 2.05) is 51.1 Å². The van der Waals surface area contributed by atoms with Crippen LogP contribution in [0.1, 0.15) is 51.3 Å². The third-order valence-corrected chi connectivity index (χ3v) is 6.51. The molecule has 7 heteroatoms. The quantitative estimate of drug-likeness (QED) is 0.400. The van der Waals surface area contributed by atoms with Crippen LogP contribution >= 0.6 is 0 Å². The number of ether oxygens (including phenoxy) is 2. The van der Waals surface area contributed by atoms with Crippen LogP contribution in [-0.4, -0.2) is 29.6 Å². The Balaban J connectivity index is 1.72. The van der Waals surface area contributed by atoms with Crippen LogP contribution in [0.25, 0.3) is 11.0 Å². The molecule has 4 aromatic rings. The van der Waals surface area contributed by atoms with Gasteiger partial charge in [-0.1, -0.05) is 24.3 Å². The summed E-state index contributed by atoms with van der Waals surface area (Å²) in [6, 6.07) is 15.3. The number of nitrogens with zero attached hydrogens (tertiary/aromatic N) is 1. The number of rotatable bonds is 6. The molecule has 0 unspecified atom stereocenters. The van der Waals surface area contributed by atoms with Gasteiger partial charge in [0, 0.05) is 6.54 Å². The summed E-state index contributed by atoms with van der Waals surface area (Å²) < 4.78 is 17.0. The van der Waals surface area contributed by atoms with Crippen molar-refractivity contribution in [1.82, 2.24) is 4.90 Å². The molecule has 1 atom stereocenters. The molecule has 7 nitrogen and oxygen atoms in total. The molecule has 1 aliphatic rings. The summed E-state index contributed by atoms with van der Waals surface area (Å²) in [6.07, 6.45) is 0. The molecule has 0 fully saturated rings. The van der Waals surface area contributed by atoms with Crippen molar-refractivity contribution in [2.75, 3.05) is 13.7 Å². The summed E-state index contributed by atoms with van der Waals surface area (Å²) in [5.41, 5.74) is 3.72.